The lowest BCUT2D eigenvalue weighted by molar-refractivity contribution is -0.385. The Balaban J connectivity index is 2.16. The summed E-state index contributed by atoms with van der Waals surface area (Å²) in [6.07, 6.45) is 5.98. The molecule has 1 fully saturated rings. The molecule has 0 bridgehead atoms. The number of methoxy groups -OCH3 is 1. The number of ether oxygens (including phenoxy) is 2. The molecule has 6 nitrogen and oxygen atoms in total. The third-order valence-electron chi connectivity index (χ3n) is 3.93. The Hall–Kier alpha value is -1.82. The van der Waals surface area contributed by atoms with E-state index >= 15 is 0 Å². The van der Waals surface area contributed by atoms with Crippen molar-refractivity contribution in [3.05, 3.63) is 27.8 Å². The summed E-state index contributed by atoms with van der Waals surface area (Å²) in [7, 11) is 1.48. The molecule has 1 aromatic rings. The fraction of sp³-hybridized carbons (Fsp3) is 0.600. The quantitative estimate of drug-likeness (QED) is 0.644. The number of benzene rings is 1. The van der Waals surface area contributed by atoms with Crippen LogP contribution in [0.15, 0.2) is 12.1 Å². The van der Waals surface area contributed by atoms with Crippen LogP contribution in [0.4, 0.5) is 5.69 Å². The molecule has 1 N–H and O–H groups in total. The van der Waals surface area contributed by atoms with Gasteiger partial charge >= 0.3 is 0 Å². The number of nitrogens with zero attached hydrogens (tertiary/aromatic N) is 1. The van der Waals surface area contributed by atoms with E-state index in [-0.39, 0.29) is 11.3 Å². The molecule has 0 amide bonds. The number of nitro benzene ring substituents is 1. The zero-order chi connectivity index (χ0) is 15.2. The van der Waals surface area contributed by atoms with Gasteiger partial charge in [-0.15, -0.1) is 0 Å². The first-order valence-corrected chi connectivity index (χ1v) is 7.24. The van der Waals surface area contributed by atoms with Gasteiger partial charge in [0.1, 0.15) is 0 Å². The maximum atomic E-state index is 11.0. The summed E-state index contributed by atoms with van der Waals surface area (Å²) < 4.78 is 11.0. The first-order chi connectivity index (χ1) is 10.2. The van der Waals surface area contributed by atoms with Crippen LogP contribution in [-0.2, 0) is 6.61 Å². The second-order valence-electron chi connectivity index (χ2n) is 5.36. The van der Waals surface area contributed by atoms with Gasteiger partial charge in [0.15, 0.2) is 11.5 Å². The molecular formula is C15H21NO5. The molecule has 2 rings (SSSR count). The van der Waals surface area contributed by atoms with Crippen molar-refractivity contribution < 1.29 is 19.5 Å². The van der Waals surface area contributed by atoms with E-state index < -0.39 is 11.5 Å². The summed E-state index contributed by atoms with van der Waals surface area (Å²) in [5, 5.41) is 20.2. The van der Waals surface area contributed by atoms with Crippen LogP contribution in [0.1, 0.15) is 37.7 Å². The fourth-order valence-electron chi connectivity index (χ4n) is 2.72. The van der Waals surface area contributed by atoms with E-state index in [1.807, 2.05) is 0 Å². The number of nitro groups is 1. The third kappa shape index (κ3) is 3.85. The zero-order valence-electron chi connectivity index (χ0n) is 12.2. The van der Waals surface area contributed by atoms with Gasteiger partial charge in [-0.25, -0.2) is 0 Å². The molecule has 0 unspecified atom stereocenters. The van der Waals surface area contributed by atoms with Gasteiger partial charge in [-0.05, 0) is 24.8 Å². The minimum atomic E-state index is -0.515. The fourth-order valence-corrected chi connectivity index (χ4v) is 2.72. The second-order valence-corrected chi connectivity index (χ2v) is 5.36. The summed E-state index contributed by atoms with van der Waals surface area (Å²) in [5.41, 5.74) is 0.0822. The molecule has 0 aromatic heterocycles. The Morgan fingerprint density at radius 3 is 2.57 bits per heavy atom. The predicted octanol–water partition coefficient (Wildman–Crippen LogP) is 3.05. The molecule has 0 saturated heterocycles. The van der Waals surface area contributed by atoms with Crippen LogP contribution in [0.5, 0.6) is 11.5 Å². The van der Waals surface area contributed by atoms with Crippen LogP contribution in [0.25, 0.3) is 0 Å². The SMILES string of the molecule is COc1cc(CO)c([N+](=O)[O-])cc1OCC1CCCCC1. The summed E-state index contributed by atoms with van der Waals surface area (Å²) in [6.45, 7) is 0.140. The third-order valence-corrected chi connectivity index (χ3v) is 3.93. The maximum absolute atomic E-state index is 11.0. The van der Waals surface area contributed by atoms with Crippen LogP contribution in [0.2, 0.25) is 0 Å². The van der Waals surface area contributed by atoms with Gasteiger partial charge in [-0.2, -0.15) is 0 Å². The molecule has 1 aliphatic carbocycles. The first-order valence-electron chi connectivity index (χ1n) is 7.24. The number of hydrogen-bond donors (Lipinski definition) is 1. The molecule has 0 radical (unpaired) electrons. The number of rotatable bonds is 6. The monoisotopic (exact) mass is 295 g/mol. The van der Waals surface area contributed by atoms with Crippen molar-refractivity contribution in [2.75, 3.05) is 13.7 Å². The minimum Gasteiger partial charge on any atom is -0.493 e. The first kappa shape index (κ1) is 15.6. The Morgan fingerprint density at radius 1 is 1.29 bits per heavy atom. The van der Waals surface area contributed by atoms with Crippen molar-refractivity contribution in [3.63, 3.8) is 0 Å². The lowest BCUT2D eigenvalue weighted by Gasteiger charge is -2.22. The van der Waals surface area contributed by atoms with Gasteiger partial charge < -0.3 is 14.6 Å². The Morgan fingerprint density at radius 2 is 2.00 bits per heavy atom. The van der Waals surface area contributed by atoms with E-state index in [0.717, 1.165) is 12.8 Å². The molecule has 0 aliphatic heterocycles. The van der Waals surface area contributed by atoms with Gasteiger partial charge in [0.2, 0.25) is 0 Å². The van der Waals surface area contributed by atoms with Crippen LogP contribution in [-0.4, -0.2) is 23.7 Å². The summed E-state index contributed by atoms with van der Waals surface area (Å²) in [4.78, 5) is 10.5. The molecule has 1 aliphatic rings. The van der Waals surface area contributed by atoms with Crippen molar-refractivity contribution >= 4 is 5.69 Å². The average Bonchev–Trinajstić information content (AvgIpc) is 2.52. The largest absolute Gasteiger partial charge is 0.493 e. The van der Waals surface area contributed by atoms with E-state index in [0.29, 0.717) is 24.0 Å². The Labute approximate surface area is 123 Å². The van der Waals surface area contributed by atoms with Gasteiger partial charge in [-0.3, -0.25) is 10.1 Å². The van der Waals surface area contributed by atoms with E-state index in [1.54, 1.807) is 0 Å². The van der Waals surface area contributed by atoms with Crippen molar-refractivity contribution in [1.29, 1.82) is 0 Å². The minimum absolute atomic E-state index is 0.142. The molecule has 1 aromatic carbocycles. The maximum Gasteiger partial charge on any atom is 0.278 e. The second kappa shape index (κ2) is 7.26. The van der Waals surface area contributed by atoms with Gasteiger partial charge in [0.25, 0.3) is 5.69 Å². The van der Waals surface area contributed by atoms with Crippen LogP contribution >= 0.6 is 0 Å². The highest BCUT2D eigenvalue weighted by atomic mass is 16.6. The molecular weight excluding hydrogens is 274 g/mol. The van der Waals surface area contributed by atoms with E-state index in [2.05, 4.69) is 0 Å². The summed E-state index contributed by atoms with van der Waals surface area (Å²) >= 11 is 0. The molecule has 0 atom stereocenters. The number of aliphatic hydroxyl groups excluding tert-OH is 1. The van der Waals surface area contributed by atoms with E-state index in [1.165, 1.54) is 38.5 Å². The smallest absolute Gasteiger partial charge is 0.278 e. The van der Waals surface area contributed by atoms with Crippen molar-refractivity contribution in [2.45, 2.75) is 38.7 Å². The van der Waals surface area contributed by atoms with Gasteiger partial charge in [0.05, 0.1) is 36.9 Å². The summed E-state index contributed by atoms with van der Waals surface area (Å²) in [6, 6.07) is 2.81. The number of hydrogen-bond acceptors (Lipinski definition) is 5. The van der Waals surface area contributed by atoms with Crippen molar-refractivity contribution in [1.82, 2.24) is 0 Å². The number of aliphatic hydroxyl groups is 1. The predicted molar refractivity (Wildman–Crippen MR) is 77.6 cm³/mol. The van der Waals surface area contributed by atoms with E-state index in [4.69, 9.17) is 9.47 Å². The Kier molecular flexibility index (Phi) is 5.38. The van der Waals surface area contributed by atoms with Crippen LogP contribution in [0.3, 0.4) is 0 Å². The molecule has 0 heterocycles. The highest BCUT2D eigenvalue weighted by Crippen LogP contribution is 2.35. The van der Waals surface area contributed by atoms with Crippen molar-refractivity contribution in [2.24, 2.45) is 5.92 Å². The van der Waals surface area contributed by atoms with Crippen LogP contribution in [0, 0.1) is 16.0 Å². The highest BCUT2D eigenvalue weighted by Gasteiger charge is 2.21. The molecule has 6 heteroatoms. The highest BCUT2D eigenvalue weighted by molar-refractivity contribution is 5.54. The standard InChI is InChI=1S/C15H21NO5/c1-20-14-7-12(9-17)13(16(18)19)8-15(14)21-10-11-5-3-2-4-6-11/h7-8,11,17H,2-6,9-10H2,1H3. The van der Waals surface area contributed by atoms with Crippen LogP contribution < -0.4 is 9.47 Å². The lowest BCUT2D eigenvalue weighted by atomic mass is 9.90. The molecule has 116 valence electrons. The molecule has 21 heavy (non-hydrogen) atoms. The zero-order valence-corrected chi connectivity index (χ0v) is 12.2. The summed E-state index contributed by atoms with van der Waals surface area (Å²) in [5.74, 6) is 1.28. The molecule has 1 saturated carbocycles. The molecule has 0 spiro atoms. The van der Waals surface area contributed by atoms with E-state index in [9.17, 15) is 15.2 Å². The van der Waals surface area contributed by atoms with Gasteiger partial charge in [0, 0.05) is 0 Å². The Bertz CT molecular complexity index is 497. The average molecular weight is 295 g/mol. The van der Waals surface area contributed by atoms with Crippen molar-refractivity contribution in [3.8, 4) is 11.5 Å². The topological polar surface area (TPSA) is 81.8 Å². The van der Waals surface area contributed by atoms with Gasteiger partial charge in [-0.1, -0.05) is 19.3 Å². The lowest BCUT2D eigenvalue weighted by Crippen LogP contribution is -2.15. The normalized spacial score (nSPS) is 15.7.